The first kappa shape index (κ1) is 21.9. The van der Waals surface area contributed by atoms with E-state index in [1.54, 1.807) is 0 Å². The minimum Gasteiger partial charge on any atom is -0.464 e. The van der Waals surface area contributed by atoms with Gasteiger partial charge in [0.25, 0.3) is 5.91 Å². The van der Waals surface area contributed by atoms with Crippen LogP contribution in [0.25, 0.3) is 21.5 Å². The molecule has 15 heteroatoms. The molecule has 0 spiro atoms. The van der Waals surface area contributed by atoms with Gasteiger partial charge in [0, 0.05) is 10.9 Å². The number of nitro groups is 1. The number of rotatable bonds is 6. The van der Waals surface area contributed by atoms with Crippen molar-refractivity contribution in [2.45, 2.75) is 12.7 Å². The summed E-state index contributed by atoms with van der Waals surface area (Å²) >= 11 is 0.576. The molecule has 4 heterocycles. The first-order valence-electron chi connectivity index (χ1n) is 8.90. The summed E-state index contributed by atoms with van der Waals surface area (Å²) in [4.78, 5) is 37.8. The number of thiophene rings is 1. The molecule has 2 amide bonds. The number of hydrogen-bond donors (Lipinski definition) is 2. The van der Waals surface area contributed by atoms with E-state index in [2.05, 4.69) is 15.4 Å². The number of pyridine rings is 1. The molecule has 0 aliphatic heterocycles. The number of aromatic nitrogens is 3. The van der Waals surface area contributed by atoms with Gasteiger partial charge in [-0.1, -0.05) is 0 Å². The Kier molecular flexibility index (Phi) is 5.33. The number of nitrogens with two attached hydrogens (primary N) is 1. The fraction of sp³-hybridized carbons (Fsp3) is 0.111. The highest BCUT2D eigenvalue weighted by molar-refractivity contribution is 7.21. The predicted octanol–water partition coefficient (Wildman–Crippen LogP) is 3.42. The number of halogens is 3. The van der Waals surface area contributed by atoms with Crippen LogP contribution in [0, 0.1) is 10.1 Å². The van der Waals surface area contributed by atoms with Crippen LogP contribution in [-0.4, -0.2) is 31.5 Å². The van der Waals surface area contributed by atoms with Crippen molar-refractivity contribution in [1.29, 1.82) is 0 Å². The van der Waals surface area contributed by atoms with Crippen LogP contribution in [-0.2, 0) is 17.5 Å². The van der Waals surface area contributed by atoms with E-state index in [4.69, 9.17) is 10.2 Å². The summed E-state index contributed by atoms with van der Waals surface area (Å²) in [5.41, 5.74) is 3.95. The minimum atomic E-state index is -4.79. The Bertz CT molecular complexity index is 1390. The maximum absolute atomic E-state index is 13.4. The molecule has 0 saturated carbocycles. The number of alkyl halides is 3. The first-order valence-corrected chi connectivity index (χ1v) is 9.72. The maximum Gasteiger partial charge on any atom is 0.433 e. The monoisotopic (exact) mass is 480 g/mol. The van der Waals surface area contributed by atoms with Crippen LogP contribution in [0.1, 0.15) is 15.4 Å². The first-order chi connectivity index (χ1) is 15.5. The summed E-state index contributed by atoms with van der Waals surface area (Å²) in [6.45, 7) is -0.479. The highest BCUT2D eigenvalue weighted by Crippen LogP contribution is 2.43. The van der Waals surface area contributed by atoms with Gasteiger partial charge in [0.05, 0.1) is 29.3 Å². The Balaban J connectivity index is 1.82. The van der Waals surface area contributed by atoms with Gasteiger partial charge in [-0.15, -0.1) is 11.3 Å². The van der Waals surface area contributed by atoms with Crippen molar-refractivity contribution in [2.75, 3.05) is 5.32 Å². The molecule has 0 fully saturated rings. The fourth-order valence-electron chi connectivity index (χ4n) is 3.02. The second kappa shape index (κ2) is 8.01. The van der Waals surface area contributed by atoms with E-state index in [1.807, 2.05) is 0 Å². The molecule has 170 valence electrons. The molecular formula is C18H11F3N6O5S. The fourth-order valence-corrected chi connectivity index (χ4v) is 4.03. The number of fused-ring (bicyclic) bond motifs is 1. The molecule has 4 rings (SSSR count). The third kappa shape index (κ3) is 4.25. The summed E-state index contributed by atoms with van der Waals surface area (Å²) in [6, 6.07) is 4.69. The Morgan fingerprint density at radius 3 is 2.67 bits per heavy atom. The van der Waals surface area contributed by atoms with Crippen LogP contribution >= 0.6 is 11.3 Å². The Labute approximate surface area is 184 Å². The van der Waals surface area contributed by atoms with Crippen LogP contribution in [0.15, 0.2) is 41.1 Å². The van der Waals surface area contributed by atoms with Crippen LogP contribution in [0.2, 0.25) is 0 Å². The highest BCUT2D eigenvalue weighted by Gasteiger charge is 2.35. The number of hydrogen-bond acceptors (Lipinski definition) is 8. The Hall–Kier alpha value is -4.27. The largest absolute Gasteiger partial charge is 0.464 e. The van der Waals surface area contributed by atoms with Gasteiger partial charge in [-0.25, -0.2) is 4.98 Å². The average molecular weight is 480 g/mol. The quantitative estimate of drug-likeness (QED) is 0.316. The van der Waals surface area contributed by atoms with E-state index in [0.717, 1.165) is 16.8 Å². The lowest BCUT2D eigenvalue weighted by atomic mass is 10.1. The van der Waals surface area contributed by atoms with Gasteiger partial charge in [0.15, 0.2) is 0 Å². The Morgan fingerprint density at radius 1 is 1.33 bits per heavy atom. The van der Waals surface area contributed by atoms with Gasteiger partial charge in [-0.3, -0.25) is 9.59 Å². The zero-order chi connectivity index (χ0) is 23.9. The number of carbonyl (C=O) groups excluding carboxylic acids is 2. The zero-order valence-electron chi connectivity index (χ0n) is 16.1. The van der Waals surface area contributed by atoms with Crippen molar-refractivity contribution >= 4 is 44.9 Å². The molecule has 0 aliphatic carbocycles. The predicted molar refractivity (Wildman–Crippen MR) is 108 cm³/mol. The van der Waals surface area contributed by atoms with Gasteiger partial charge in [-0.05, 0) is 23.1 Å². The topological polar surface area (TPSA) is 159 Å². The summed E-state index contributed by atoms with van der Waals surface area (Å²) in [5.74, 6) is -2.20. The van der Waals surface area contributed by atoms with Gasteiger partial charge >= 0.3 is 12.0 Å². The number of furan rings is 1. The SMILES string of the molecule is NC(=O)c1sc2nc(C(F)(F)F)cc(-c3ccco3)c2c1NC(=O)Cn1ccc([N+](=O)[O-])n1. The van der Waals surface area contributed by atoms with E-state index in [0.29, 0.717) is 11.3 Å². The van der Waals surface area contributed by atoms with E-state index in [-0.39, 0.29) is 32.1 Å². The molecule has 0 radical (unpaired) electrons. The number of amides is 2. The van der Waals surface area contributed by atoms with Crippen LogP contribution in [0.4, 0.5) is 24.7 Å². The second-order valence-electron chi connectivity index (χ2n) is 6.56. The normalized spacial score (nSPS) is 11.6. The van der Waals surface area contributed by atoms with Crippen LogP contribution in [0.5, 0.6) is 0 Å². The average Bonchev–Trinajstić information content (AvgIpc) is 3.46. The molecule has 0 aliphatic rings. The van der Waals surface area contributed by atoms with Crippen molar-refractivity contribution in [3.63, 3.8) is 0 Å². The third-order valence-electron chi connectivity index (χ3n) is 4.35. The Morgan fingerprint density at radius 2 is 2.09 bits per heavy atom. The molecule has 4 aromatic rings. The van der Waals surface area contributed by atoms with Gasteiger partial charge < -0.3 is 25.6 Å². The van der Waals surface area contributed by atoms with Crippen molar-refractivity contribution in [2.24, 2.45) is 5.73 Å². The molecule has 3 N–H and O–H groups in total. The summed E-state index contributed by atoms with van der Waals surface area (Å²) in [5, 5.41) is 16.8. The molecule has 0 bridgehead atoms. The van der Waals surface area contributed by atoms with E-state index >= 15 is 0 Å². The van der Waals surface area contributed by atoms with E-state index in [9.17, 15) is 32.9 Å². The van der Waals surface area contributed by atoms with Gasteiger partial charge in [0.2, 0.25) is 5.91 Å². The molecule has 0 aromatic carbocycles. The highest BCUT2D eigenvalue weighted by atomic mass is 32.1. The van der Waals surface area contributed by atoms with E-state index in [1.165, 1.54) is 24.6 Å². The van der Waals surface area contributed by atoms with Crippen LogP contribution < -0.4 is 11.1 Å². The molecule has 33 heavy (non-hydrogen) atoms. The standard InChI is InChI=1S/C18H11F3N6O5S/c19-18(20,21)10-6-8(9-2-1-5-32-9)13-14(15(16(22)29)33-17(13)23-10)24-12(28)7-26-4-3-11(25-26)27(30)31/h1-6H,7H2,(H2,22,29)(H,24,28). The number of anilines is 1. The summed E-state index contributed by atoms with van der Waals surface area (Å²) in [6.07, 6.45) is -2.34. The molecule has 0 unspecified atom stereocenters. The number of nitrogens with zero attached hydrogens (tertiary/aromatic N) is 4. The van der Waals surface area contributed by atoms with Gasteiger partial charge in [0.1, 0.15) is 27.7 Å². The summed E-state index contributed by atoms with van der Waals surface area (Å²) < 4.78 is 46.5. The third-order valence-corrected chi connectivity index (χ3v) is 5.44. The lowest BCUT2D eigenvalue weighted by molar-refractivity contribution is -0.389. The second-order valence-corrected chi connectivity index (χ2v) is 7.56. The van der Waals surface area contributed by atoms with Crippen molar-refractivity contribution in [3.05, 3.63) is 57.4 Å². The van der Waals surface area contributed by atoms with Crippen LogP contribution in [0.3, 0.4) is 0 Å². The number of nitrogens with one attached hydrogen (secondary N) is 1. The van der Waals surface area contributed by atoms with E-state index < -0.39 is 41.0 Å². The summed E-state index contributed by atoms with van der Waals surface area (Å²) in [7, 11) is 0. The van der Waals surface area contributed by atoms with Crippen molar-refractivity contribution in [3.8, 4) is 11.3 Å². The maximum atomic E-state index is 13.4. The molecule has 0 saturated heterocycles. The van der Waals surface area contributed by atoms with Crippen molar-refractivity contribution in [1.82, 2.24) is 14.8 Å². The lowest BCUT2D eigenvalue weighted by Crippen LogP contribution is -2.21. The van der Waals surface area contributed by atoms with Gasteiger partial charge in [-0.2, -0.15) is 17.9 Å². The van der Waals surface area contributed by atoms with Crippen molar-refractivity contribution < 1.29 is 32.1 Å². The molecular weight excluding hydrogens is 469 g/mol. The number of primary amides is 1. The zero-order valence-corrected chi connectivity index (χ0v) is 16.9. The lowest BCUT2D eigenvalue weighted by Gasteiger charge is -2.10. The molecule has 4 aromatic heterocycles. The smallest absolute Gasteiger partial charge is 0.433 e. The number of carbonyl (C=O) groups is 2. The molecule has 11 nitrogen and oxygen atoms in total. The minimum absolute atomic E-state index is 0.0246. The molecule has 0 atom stereocenters.